The normalized spacial score (nSPS) is 60.1. The van der Waals surface area contributed by atoms with E-state index in [-0.39, 0.29) is 18.1 Å². The number of halogens is 1. The van der Waals surface area contributed by atoms with Gasteiger partial charge in [-0.1, -0.05) is 19.9 Å². The van der Waals surface area contributed by atoms with Gasteiger partial charge in [0.05, 0.1) is 12.2 Å². The van der Waals surface area contributed by atoms with Crippen LogP contribution in [0.5, 0.6) is 0 Å². The molecule has 0 aromatic rings. The van der Waals surface area contributed by atoms with Crippen molar-refractivity contribution >= 4 is 11.6 Å². The van der Waals surface area contributed by atoms with Crippen molar-refractivity contribution in [2.45, 2.75) is 82.6 Å². The number of hydrogen-bond acceptors (Lipinski definition) is 6. The zero-order chi connectivity index (χ0) is 22.4. The van der Waals surface area contributed by atoms with Gasteiger partial charge < -0.3 is 19.7 Å². The fourth-order valence-corrected chi connectivity index (χ4v) is 9.50. The molecule has 7 heteroatoms. The van der Waals surface area contributed by atoms with Gasteiger partial charge in [-0.2, -0.15) is 0 Å². The average Bonchev–Trinajstić information content (AvgIpc) is 2.89. The summed E-state index contributed by atoms with van der Waals surface area (Å²) >= 11 is 0. The topological polar surface area (TPSA) is 93.1 Å². The number of Topliss-reactive ketones (excluding diaryl/α,β-unsaturated/α-hetero) is 1. The number of allylic oxidation sites excluding steroid dienone is 2. The number of rotatable bonds is 2. The summed E-state index contributed by atoms with van der Waals surface area (Å²) in [5.41, 5.74) is -5.63. The highest BCUT2D eigenvalue weighted by Gasteiger charge is 2.90. The van der Waals surface area contributed by atoms with Crippen LogP contribution < -0.4 is 0 Å². The molecule has 0 bridgehead atoms. The third-order valence-corrected chi connectivity index (χ3v) is 10.6. The maximum Gasteiger partial charge on any atom is 0.193 e. The zero-order valence-corrected chi connectivity index (χ0v) is 18.5. The van der Waals surface area contributed by atoms with E-state index in [0.29, 0.717) is 19.3 Å². The van der Waals surface area contributed by atoms with Gasteiger partial charge in [-0.25, -0.2) is 4.39 Å². The second-order valence-electron chi connectivity index (χ2n) is 11.7. The SMILES string of the molecule is CC1(C)O[C@@H]2C[C@H]3[C@@H]4CCC56C=CC(=O)C5[C@@]6(C)[C@@]4(F)[C@@H](O)C[C@]3(C)[C@]2(C(=O)CO)O1. The van der Waals surface area contributed by atoms with Crippen LogP contribution in [0.15, 0.2) is 12.2 Å². The molecule has 6 aliphatic rings. The van der Waals surface area contributed by atoms with Crippen molar-refractivity contribution in [3.05, 3.63) is 12.2 Å². The molecule has 6 nitrogen and oxygen atoms in total. The lowest BCUT2D eigenvalue weighted by Gasteiger charge is -2.60. The van der Waals surface area contributed by atoms with Crippen molar-refractivity contribution in [2.75, 3.05) is 6.61 Å². The van der Waals surface area contributed by atoms with E-state index in [1.54, 1.807) is 19.9 Å². The van der Waals surface area contributed by atoms with Crippen molar-refractivity contribution in [1.82, 2.24) is 0 Å². The first-order chi connectivity index (χ1) is 14.4. The Bertz CT molecular complexity index is 946. The van der Waals surface area contributed by atoms with Gasteiger partial charge in [0.15, 0.2) is 23.0 Å². The predicted molar refractivity (Wildman–Crippen MR) is 106 cm³/mol. The number of fused-ring (bicyclic) bond motifs is 7. The molecule has 170 valence electrons. The highest BCUT2D eigenvalue weighted by molar-refractivity contribution is 6.00. The summed E-state index contributed by atoms with van der Waals surface area (Å²) in [5.74, 6) is -2.68. The zero-order valence-electron chi connectivity index (χ0n) is 18.5. The molecule has 5 fully saturated rings. The van der Waals surface area contributed by atoms with Crippen LogP contribution in [0.2, 0.25) is 0 Å². The summed E-state index contributed by atoms with van der Waals surface area (Å²) in [4.78, 5) is 25.7. The van der Waals surface area contributed by atoms with Gasteiger partial charge in [0.25, 0.3) is 0 Å². The van der Waals surface area contributed by atoms with Crippen LogP contribution in [-0.2, 0) is 19.1 Å². The van der Waals surface area contributed by atoms with E-state index in [0.717, 1.165) is 0 Å². The minimum absolute atomic E-state index is 0.0304. The Balaban J connectivity index is 1.47. The predicted octanol–water partition coefficient (Wildman–Crippen LogP) is 2.11. The molecule has 2 N–H and O–H groups in total. The lowest BCUT2D eigenvalue weighted by Crippen LogP contribution is -2.68. The molecule has 0 amide bonds. The first-order valence-electron chi connectivity index (χ1n) is 11.5. The smallest absolute Gasteiger partial charge is 0.193 e. The van der Waals surface area contributed by atoms with E-state index in [1.165, 1.54) is 0 Å². The van der Waals surface area contributed by atoms with Crippen LogP contribution in [0.1, 0.15) is 53.4 Å². The lowest BCUT2D eigenvalue weighted by atomic mass is 9.47. The van der Waals surface area contributed by atoms with Crippen molar-refractivity contribution in [2.24, 2.45) is 34.0 Å². The van der Waals surface area contributed by atoms with Crippen LogP contribution >= 0.6 is 0 Å². The quantitative estimate of drug-likeness (QED) is 0.692. The van der Waals surface area contributed by atoms with Crippen molar-refractivity contribution in [3.8, 4) is 0 Å². The molecule has 5 aliphatic carbocycles. The number of ketones is 2. The number of ether oxygens (including phenoxy) is 2. The van der Waals surface area contributed by atoms with Gasteiger partial charge in [-0.3, -0.25) is 9.59 Å². The van der Waals surface area contributed by atoms with Gasteiger partial charge in [0, 0.05) is 22.2 Å². The molecule has 31 heavy (non-hydrogen) atoms. The third kappa shape index (κ3) is 1.79. The van der Waals surface area contributed by atoms with E-state index in [2.05, 4.69) is 0 Å². The molecule has 6 rings (SSSR count). The van der Waals surface area contributed by atoms with E-state index < -0.39 is 69.7 Å². The molecule has 4 saturated carbocycles. The number of carbonyl (C=O) groups is 2. The fraction of sp³-hybridized carbons (Fsp3) is 0.833. The first kappa shape index (κ1) is 20.5. The van der Waals surface area contributed by atoms with Crippen LogP contribution in [0.3, 0.4) is 0 Å². The molecular formula is C24H31FO6. The van der Waals surface area contributed by atoms with Crippen molar-refractivity contribution in [3.63, 3.8) is 0 Å². The minimum atomic E-state index is -1.92. The highest BCUT2D eigenvalue weighted by Crippen LogP contribution is 2.86. The third-order valence-electron chi connectivity index (χ3n) is 10.6. The monoisotopic (exact) mass is 434 g/mol. The molecule has 0 aromatic carbocycles. The van der Waals surface area contributed by atoms with E-state index in [9.17, 15) is 19.8 Å². The van der Waals surface area contributed by atoms with Crippen LogP contribution in [-0.4, -0.2) is 57.7 Å². The lowest BCUT2D eigenvalue weighted by molar-refractivity contribution is -0.248. The molecule has 1 spiro atoms. The van der Waals surface area contributed by atoms with Gasteiger partial charge in [-0.15, -0.1) is 0 Å². The summed E-state index contributed by atoms with van der Waals surface area (Å²) in [6.07, 6.45) is 3.23. The summed E-state index contributed by atoms with van der Waals surface area (Å²) in [6, 6.07) is 0. The number of alkyl halides is 1. The van der Waals surface area contributed by atoms with Gasteiger partial charge in [0.1, 0.15) is 12.3 Å². The first-order valence-corrected chi connectivity index (χ1v) is 11.5. The molecule has 0 radical (unpaired) electrons. The number of aliphatic hydroxyl groups is 2. The molecule has 1 aliphatic heterocycles. The average molecular weight is 435 g/mol. The molecule has 0 aromatic heterocycles. The summed E-state index contributed by atoms with van der Waals surface area (Å²) in [7, 11) is 0. The summed E-state index contributed by atoms with van der Waals surface area (Å²) in [6.45, 7) is 6.51. The summed E-state index contributed by atoms with van der Waals surface area (Å²) in [5, 5.41) is 21.2. The molecule has 1 saturated heterocycles. The summed E-state index contributed by atoms with van der Waals surface area (Å²) < 4.78 is 29.6. The molecule has 10 atom stereocenters. The standard InChI is InChI=1S/C24H31FO6/c1-19(2)30-17-9-13-12-5-7-22-8-6-14(27)18(22)21(22,4)23(12,25)15(28)10-20(13,3)24(17,31-19)16(29)11-26/h6,8,12-13,15,17-18,26,28H,5,7,9-11H2,1-4H3/t12-,13-,15-,17+,18?,20-,21+,22?,23-,24+/m0/s1. The van der Waals surface area contributed by atoms with E-state index >= 15 is 4.39 Å². The second-order valence-corrected chi connectivity index (χ2v) is 11.7. The van der Waals surface area contributed by atoms with E-state index in [4.69, 9.17) is 9.47 Å². The van der Waals surface area contributed by atoms with Gasteiger partial charge >= 0.3 is 0 Å². The number of hydrogen-bond donors (Lipinski definition) is 2. The van der Waals surface area contributed by atoms with E-state index in [1.807, 2.05) is 19.9 Å². The van der Waals surface area contributed by atoms with Crippen molar-refractivity contribution < 1.29 is 33.7 Å². The maximum absolute atomic E-state index is 17.2. The van der Waals surface area contributed by atoms with Crippen LogP contribution in [0.4, 0.5) is 4.39 Å². The Morgan fingerprint density at radius 2 is 1.97 bits per heavy atom. The number of carbonyl (C=O) groups excluding carboxylic acids is 2. The Kier molecular flexibility index (Phi) is 3.51. The number of aliphatic hydroxyl groups excluding tert-OH is 2. The van der Waals surface area contributed by atoms with Crippen LogP contribution in [0.25, 0.3) is 0 Å². The Morgan fingerprint density at radius 3 is 2.65 bits per heavy atom. The highest BCUT2D eigenvalue weighted by atomic mass is 19.1. The Hall–Kier alpha value is -1.15. The van der Waals surface area contributed by atoms with Crippen molar-refractivity contribution in [1.29, 1.82) is 0 Å². The maximum atomic E-state index is 17.2. The molecule has 2 unspecified atom stereocenters. The van der Waals surface area contributed by atoms with Gasteiger partial charge in [0.2, 0.25) is 0 Å². The second kappa shape index (κ2) is 5.32. The Morgan fingerprint density at radius 1 is 1.26 bits per heavy atom. The Labute approximate surface area is 181 Å². The largest absolute Gasteiger partial charge is 0.390 e. The minimum Gasteiger partial charge on any atom is -0.390 e. The van der Waals surface area contributed by atoms with Gasteiger partial charge in [-0.05, 0) is 57.4 Å². The fourth-order valence-electron chi connectivity index (χ4n) is 9.50. The molecule has 1 heterocycles. The van der Waals surface area contributed by atoms with Crippen LogP contribution in [0, 0.1) is 34.0 Å². The molecular weight excluding hydrogens is 403 g/mol.